The van der Waals surface area contributed by atoms with Crippen LogP contribution in [0.5, 0.6) is 0 Å². The molecule has 1 aromatic rings. The zero-order valence-electron chi connectivity index (χ0n) is 17.6. The first-order chi connectivity index (χ1) is 14.1. The number of rotatable bonds is 9. The van der Waals surface area contributed by atoms with Crippen LogP contribution in [0.25, 0.3) is 0 Å². The molecule has 2 saturated carbocycles. The molecule has 1 saturated heterocycles. The molecule has 0 aromatic carbocycles. The highest BCUT2D eigenvalue weighted by molar-refractivity contribution is 7.91. The monoisotopic (exact) mass is 423 g/mol. The molecule has 0 bridgehead atoms. The van der Waals surface area contributed by atoms with Gasteiger partial charge in [-0.05, 0) is 63.3 Å². The van der Waals surface area contributed by atoms with Gasteiger partial charge in [-0.25, -0.2) is 13.4 Å². The molecule has 2 heterocycles. The second-order valence-corrected chi connectivity index (χ2v) is 11.4. The predicted molar refractivity (Wildman–Crippen MR) is 113 cm³/mol. The molecule has 6 nitrogen and oxygen atoms in total. The predicted octanol–water partition coefficient (Wildman–Crippen LogP) is 3.38. The number of aromatic nitrogens is 2. The van der Waals surface area contributed by atoms with Crippen LogP contribution in [0.4, 0.5) is 0 Å². The van der Waals surface area contributed by atoms with Gasteiger partial charge in [0.15, 0.2) is 0 Å². The third-order valence-electron chi connectivity index (χ3n) is 7.07. The summed E-state index contributed by atoms with van der Waals surface area (Å²) in [5, 5.41) is 9.76. The summed E-state index contributed by atoms with van der Waals surface area (Å²) in [6.07, 6.45) is 14.4. The normalized spacial score (nSPS) is 24.8. The Labute approximate surface area is 175 Å². The topological polar surface area (TPSA) is 75.4 Å². The van der Waals surface area contributed by atoms with Gasteiger partial charge in [-0.15, -0.1) is 0 Å². The summed E-state index contributed by atoms with van der Waals surface area (Å²) in [5.41, 5.74) is 1.04. The fourth-order valence-electron chi connectivity index (χ4n) is 5.21. The number of sulfone groups is 1. The molecule has 3 aliphatic rings. The van der Waals surface area contributed by atoms with Crippen molar-refractivity contribution in [3.05, 3.63) is 11.9 Å². The van der Waals surface area contributed by atoms with Crippen molar-refractivity contribution in [3.63, 3.8) is 0 Å². The SMILES string of the molecule is O=S(=O)(CC1CC1)c1ncc(CN2CCCCC2CCO)n1CC1CCCCC1. The number of hydrogen-bond donors (Lipinski definition) is 1. The third-order valence-corrected chi connectivity index (χ3v) is 8.87. The molecular formula is C22H37N3O3S. The summed E-state index contributed by atoms with van der Waals surface area (Å²) < 4.78 is 28.2. The van der Waals surface area contributed by atoms with Gasteiger partial charge >= 0.3 is 0 Å². The maximum absolute atomic E-state index is 13.1. The van der Waals surface area contributed by atoms with Crippen LogP contribution < -0.4 is 0 Å². The minimum Gasteiger partial charge on any atom is -0.396 e. The van der Waals surface area contributed by atoms with Crippen LogP contribution in [0.2, 0.25) is 0 Å². The van der Waals surface area contributed by atoms with E-state index < -0.39 is 9.84 Å². The first kappa shape index (κ1) is 21.3. The Bertz CT molecular complexity index is 764. The molecular weight excluding hydrogens is 386 g/mol. The Morgan fingerprint density at radius 1 is 1.00 bits per heavy atom. The first-order valence-corrected chi connectivity index (χ1v) is 13.3. The van der Waals surface area contributed by atoms with E-state index in [0.29, 0.717) is 23.0 Å². The van der Waals surface area contributed by atoms with Gasteiger partial charge in [0.05, 0.1) is 17.6 Å². The Balaban J connectivity index is 1.58. The lowest BCUT2D eigenvalue weighted by molar-refractivity contribution is 0.109. The van der Waals surface area contributed by atoms with E-state index in [-0.39, 0.29) is 12.4 Å². The Kier molecular flexibility index (Phi) is 6.97. The Morgan fingerprint density at radius 3 is 2.48 bits per heavy atom. The average Bonchev–Trinajstić information content (AvgIpc) is 3.43. The van der Waals surface area contributed by atoms with Gasteiger partial charge in [-0.2, -0.15) is 0 Å². The quantitative estimate of drug-likeness (QED) is 0.659. The minimum atomic E-state index is -3.33. The van der Waals surface area contributed by atoms with E-state index in [0.717, 1.165) is 51.0 Å². The lowest BCUT2D eigenvalue weighted by Crippen LogP contribution is -2.40. The summed E-state index contributed by atoms with van der Waals surface area (Å²) in [4.78, 5) is 6.91. The van der Waals surface area contributed by atoms with Crippen molar-refractivity contribution in [3.8, 4) is 0 Å². The molecule has 1 aliphatic heterocycles. The number of imidazole rings is 1. The second kappa shape index (κ2) is 9.48. The number of aliphatic hydroxyl groups excluding tert-OH is 1. The van der Waals surface area contributed by atoms with Crippen molar-refractivity contribution in [2.24, 2.45) is 11.8 Å². The number of hydrogen-bond acceptors (Lipinski definition) is 5. The molecule has 1 atom stereocenters. The maximum atomic E-state index is 13.1. The fourth-order valence-corrected chi connectivity index (χ4v) is 7.06. The van der Waals surface area contributed by atoms with Gasteiger partial charge in [0.1, 0.15) is 0 Å². The second-order valence-electron chi connectivity index (χ2n) is 9.50. The largest absolute Gasteiger partial charge is 0.396 e. The van der Waals surface area contributed by atoms with Crippen LogP contribution in [0, 0.1) is 11.8 Å². The molecule has 0 spiro atoms. The van der Waals surface area contributed by atoms with Gasteiger partial charge in [0.2, 0.25) is 15.0 Å². The maximum Gasteiger partial charge on any atom is 0.227 e. The molecule has 7 heteroatoms. The van der Waals surface area contributed by atoms with Crippen LogP contribution in [-0.2, 0) is 22.9 Å². The number of likely N-dealkylation sites (tertiary alicyclic amines) is 1. The molecule has 1 aromatic heterocycles. The van der Waals surface area contributed by atoms with E-state index in [2.05, 4.69) is 14.5 Å². The zero-order chi connectivity index (χ0) is 20.3. The van der Waals surface area contributed by atoms with Crippen molar-refractivity contribution in [2.75, 3.05) is 18.9 Å². The van der Waals surface area contributed by atoms with E-state index in [9.17, 15) is 13.5 Å². The van der Waals surface area contributed by atoms with Gasteiger partial charge in [0.25, 0.3) is 0 Å². The molecule has 164 valence electrons. The molecule has 2 aliphatic carbocycles. The van der Waals surface area contributed by atoms with Gasteiger partial charge in [0, 0.05) is 25.7 Å². The summed E-state index contributed by atoms with van der Waals surface area (Å²) in [6, 6.07) is 0.387. The van der Waals surface area contributed by atoms with Gasteiger partial charge in [-0.3, -0.25) is 4.90 Å². The summed E-state index contributed by atoms with van der Waals surface area (Å²) in [5.74, 6) is 1.14. The average molecular weight is 424 g/mol. The number of piperidine rings is 1. The smallest absolute Gasteiger partial charge is 0.227 e. The first-order valence-electron chi connectivity index (χ1n) is 11.7. The van der Waals surface area contributed by atoms with Gasteiger partial charge in [-0.1, -0.05) is 25.7 Å². The van der Waals surface area contributed by atoms with Crippen molar-refractivity contribution >= 4 is 9.84 Å². The van der Waals surface area contributed by atoms with Crippen LogP contribution >= 0.6 is 0 Å². The molecule has 4 rings (SSSR count). The highest BCUT2D eigenvalue weighted by Crippen LogP contribution is 2.33. The van der Waals surface area contributed by atoms with Crippen LogP contribution in [0.15, 0.2) is 11.4 Å². The Hall–Kier alpha value is -0.920. The molecule has 0 radical (unpaired) electrons. The van der Waals surface area contributed by atoms with E-state index in [1.54, 1.807) is 0 Å². The van der Waals surface area contributed by atoms with Gasteiger partial charge < -0.3 is 9.67 Å². The van der Waals surface area contributed by atoms with E-state index in [1.807, 2.05) is 6.20 Å². The van der Waals surface area contributed by atoms with E-state index in [4.69, 9.17) is 0 Å². The fraction of sp³-hybridized carbons (Fsp3) is 0.864. The standard InChI is InChI=1S/C22H37N3O3S/c26-13-11-20-8-4-5-12-24(20)16-21-14-23-22(29(27,28)17-19-9-10-19)25(21)15-18-6-2-1-3-7-18/h14,18-20,26H,1-13,15-17H2. The van der Waals surface area contributed by atoms with Crippen molar-refractivity contribution in [2.45, 2.75) is 94.9 Å². The highest BCUT2D eigenvalue weighted by Gasteiger charge is 2.33. The van der Waals surface area contributed by atoms with Crippen molar-refractivity contribution in [1.82, 2.24) is 14.5 Å². The summed E-state index contributed by atoms with van der Waals surface area (Å²) in [6.45, 7) is 2.75. The molecule has 0 amide bonds. The molecule has 1 N–H and O–H groups in total. The Morgan fingerprint density at radius 2 is 1.76 bits per heavy atom. The summed E-state index contributed by atoms with van der Waals surface area (Å²) >= 11 is 0. The van der Waals surface area contributed by atoms with Crippen LogP contribution in [0.1, 0.15) is 76.3 Å². The molecule has 29 heavy (non-hydrogen) atoms. The van der Waals surface area contributed by atoms with Crippen LogP contribution in [0.3, 0.4) is 0 Å². The lowest BCUT2D eigenvalue weighted by Gasteiger charge is -2.35. The minimum absolute atomic E-state index is 0.212. The molecule has 3 fully saturated rings. The van der Waals surface area contributed by atoms with Crippen LogP contribution in [-0.4, -0.2) is 52.9 Å². The highest BCUT2D eigenvalue weighted by atomic mass is 32.2. The number of nitrogens with zero attached hydrogens (tertiary/aromatic N) is 3. The third kappa shape index (κ3) is 5.42. The lowest BCUT2D eigenvalue weighted by atomic mass is 9.89. The summed E-state index contributed by atoms with van der Waals surface area (Å²) in [7, 11) is -3.33. The van der Waals surface area contributed by atoms with E-state index in [1.165, 1.54) is 44.9 Å². The van der Waals surface area contributed by atoms with Crippen molar-refractivity contribution < 1.29 is 13.5 Å². The zero-order valence-corrected chi connectivity index (χ0v) is 18.5. The van der Waals surface area contributed by atoms with E-state index >= 15 is 0 Å². The number of aliphatic hydroxyl groups is 1. The molecule has 1 unspecified atom stereocenters. The van der Waals surface area contributed by atoms with Crippen molar-refractivity contribution in [1.29, 1.82) is 0 Å².